The second-order valence-electron chi connectivity index (χ2n) is 6.62. The van der Waals surface area contributed by atoms with Crippen molar-refractivity contribution in [2.24, 2.45) is 0 Å². The molecule has 148 valence electrons. The molecule has 0 bridgehead atoms. The number of hydrogen-bond acceptors (Lipinski definition) is 6. The van der Waals surface area contributed by atoms with Crippen LogP contribution in [0.1, 0.15) is 33.1 Å². The summed E-state index contributed by atoms with van der Waals surface area (Å²) in [6.07, 6.45) is 1.21. The van der Waals surface area contributed by atoms with E-state index in [1.165, 1.54) is 14.0 Å². The highest BCUT2D eigenvalue weighted by molar-refractivity contribution is 6.02. The highest BCUT2D eigenvalue weighted by atomic mass is 16.5. The molecule has 1 fully saturated rings. The Morgan fingerprint density at radius 1 is 1.15 bits per heavy atom. The Morgan fingerprint density at radius 2 is 1.78 bits per heavy atom. The van der Waals surface area contributed by atoms with Gasteiger partial charge in [0.1, 0.15) is 12.1 Å². The van der Waals surface area contributed by atoms with Crippen molar-refractivity contribution in [3.63, 3.8) is 0 Å². The van der Waals surface area contributed by atoms with E-state index >= 15 is 0 Å². The van der Waals surface area contributed by atoms with Crippen molar-refractivity contribution < 1.29 is 23.9 Å². The first-order valence-corrected chi connectivity index (χ1v) is 9.27. The van der Waals surface area contributed by atoms with Gasteiger partial charge in [-0.15, -0.1) is 0 Å². The van der Waals surface area contributed by atoms with Gasteiger partial charge in [0.05, 0.1) is 7.11 Å². The molecular formula is C20H28N2O5. The maximum absolute atomic E-state index is 12.8. The molecule has 27 heavy (non-hydrogen) atoms. The van der Waals surface area contributed by atoms with Crippen molar-refractivity contribution in [2.75, 3.05) is 38.3 Å². The van der Waals surface area contributed by atoms with Crippen LogP contribution in [0.4, 0.5) is 5.69 Å². The van der Waals surface area contributed by atoms with Crippen molar-refractivity contribution in [1.29, 1.82) is 0 Å². The van der Waals surface area contributed by atoms with Crippen LogP contribution in [-0.4, -0.2) is 61.6 Å². The fraction of sp³-hybridized carbons (Fsp3) is 0.550. The second-order valence-corrected chi connectivity index (χ2v) is 6.62. The molecule has 1 amide bonds. The third-order valence-corrected chi connectivity index (χ3v) is 4.96. The van der Waals surface area contributed by atoms with Crippen LogP contribution >= 0.6 is 0 Å². The Labute approximate surface area is 160 Å². The monoisotopic (exact) mass is 376 g/mol. The van der Waals surface area contributed by atoms with E-state index in [-0.39, 0.29) is 11.9 Å². The van der Waals surface area contributed by atoms with Crippen molar-refractivity contribution in [2.45, 2.75) is 38.6 Å². The molecule has 1 aromatic rings. The van der Waals surface area contributed by atoms with E-state index in [1.54, 1.807) is 11.8 Å². The van der Waals surface area contributed by atoms with Crippen LogP contribution in [0.25, 0.3) is 0 Å². The maximum Gasteiger partial charge on any atom is 0.332 e. The number of hydrogen-bond donors (Lipinski definition) is 0. The predicted octanol–water partition coefficient (Wildman–Crippen LogP) is 2.00. The van der Waals surface area contributed by atoms with Gasteiger partial charge in [0.15, 0.2) is 0 Å². The molecule has 1 aromatic carbocycles. The van der Waals surface area contributed by atoms with Crippen LogP contribution in [0.3, 0.4) is 0 Å². The van der Waals surface area contributed by atoms with Crippen molar-refractivity contribution in [3.8, 4) is 0 Å². The summed E-state index contributed by atoms with van der Waals surface area (Å²) in [7, 11) is 1.36. The summed E-state index contributed by atoms with van der Waals surface area (Å²) in [4.78, 5) is 40.3. The van der Waals surface area contributed by atoms with E-state index in [1.807, 2.05) is 30.3 Å². The van der Waals surface area contributed by atoms with Gasteiger partial charge in [-0.2, -0.15) is 0 Å². The van der Waals surface area contributed by atoms with E-state index in [0.717, 1.165) is 0 Å². The lowest BCUT2D eigenvalue weighted by Gasteiger charge is -2.46. The van der Waals surface area contributed by atoms with Crippen LogP contribution < -0.4 is 4.90 Å². The largest absolute Gasteiger partial charge is 0.467 e. The van der Waals surface area contributed by atoms with Crippen molar-refractivity contribution in [3.05, 3.63) is 30.3 Å². The minimum Gasteiger partial charge on any atom is -0.467 e. The molecule has 1 aliphatic rings. The summed E-state index contributed by atoms with van der Waals surface area (Å²) in [5.41, 5.74) is -0.329. The predicted molar refractivity (Wildman–Crippen MR) is 101 cm³/mol. The average Bonchev–Trinajstić information content (AvgIpc) is 2.69. The number of amides is 1. The molecule has 1 heterocycles. The minimum atomic E-state index is -1.03. The van der Waals surface area contributed by atoms with Gasteiger partial charge in [0.25, 0.3) is 0 Å². The van der Waals surface area contributed by atoms with Gasteiger partial charge in [-0.3, -0.25) is 19.4 Å². The van der Waals surface area contributed by atoms with E-state index < -0.39 is 11.5 Å². The molecule has 1 saturated heterocycles. The number of rotatable bonds is 7. The van der Waals surface area contributed by atoms with Gasteiger partial charge in [-0.1, -0.05) is 25.1 Å². The maximum atomic E-state index is 12.8. The Bertz CT molecular complexity index is 654. The second kappa shape index (κ2) is 9.50. The molecule has 0 atom stereocenters. The number of ether oxygens (including phenoxy) is 2. The van der Waals surface area contributed by atoms with Crippen LogP contribution in [0, 0.1) is 0 Å². The van der Waals surface area contributed by atoms with Crippen molar-refractivity contribution in [1.82, 2.24) is 4.90 Å². The smallest absolute Gasteiger partial charge is 0.332 e. The van der Waals surface area contributed by atoms with Crippen molar-refractivity contribution >= 4 is 23.5 Å². The van der Waals surface area contributed by atoms with E-state index in [0.29, 0.717) is 51.2 Å². The topological polar surface area (TPSA) is 76.2 Å². The third kappa shape index (κ3) is 4.86. The number of nitrogens with zero attached hydrogens (tertiary/aromatic N) is 2. The number of carbonyl (C=O) groups is 3. The van der Waals surface area contributed by atoms with Gasteiger partial charge in [-0.25, -0.2) is 4.79 Å². The molecule has 1 aliphatic heterocycles. The summed E-state index contributed by atoms with van der Waals surface area (Å²) in [6, 6.07) is 9.26. The quantitative estimate of drug-likeness (QED) is 0.678. The third-order valence-electron chi connectivity index (χ3n) is 4.96. The molecule has 0 aromatic heterocycles. The van der Waals surface area contributed by atoms with Crippen LogP contribution in [0.5, 0.6) is 0 Å². The summed E-state index contributed by atoms with van der Waals surface area (Å²) >= 11 is 0. The van der Waals surface area contributed by atoms with Gasteiger partial charge in [0, 0.05) is 38.7 Å². The van der Waals surface area contributed by atoms with Gasteiger partial charge < -0.3 is 9.47 Å². The molecule has 0 spiro atoms. The fourth-order valence-electron chi connectivity index (χ4n) is 3.54. The number of methoxy groups -OCH3 is 1. The highest BCUT2D eigenvalue weighted by Gasteiger charge is 2.49. The zero-order chi connectivity index (χ0) is 19.9. The lowest BCUT2D eigenvalue weighted by Crippen LogP contribution is -2.62. The Morgan fingerprint density at radius 3 is 2.30 bits per heavy atom. The van der Waals surface area contributed by atoms with Crippen LogP contribution in [0.2, 0.25) is 0 Å². The Balaban J connectivity index is 2.24. The van der Waals surface area contributed by atoms with Gasteiger partial charge in [0.2, 0.25) is 5.91 Å². The number of anilines is 1. The average molecular weight is 376 g/mol. The minimum absolute atomic E-state index is 0.111. The van der Waals surface area contributed by atoms with E-state index in [4.69, 9.17) is 9.47 Å². The summed E-state index contributed by atoms with van der Waals surface area (Å²) in [6.45, 7) is 5.30. The number of benzene rings is 1. The number of likely N-dealkylation sites (tertiary alicyclic amines) is 1. The molecule has 2 rings (SSSR count). The molecule has 0 radical (unpaired) electrons. The first-order valence-electron chi connectivity index (χ1n) is 9.27. The Kier molecular flexibility index (Phi) is 7.36. The van der Waals surface area contributed by atoms with Crippen LogP contribution in [-0.2, 0) is 23.9 Å². The first kappa shape index (κ1) is 20.9. The summed E-state index contributed by atoms with van der Waals surface area (Å²) < 4.78 is 10.1. The van der Waals surface area contributed by atoms with Gasteiger partial charge >= 0.3 is 11.9 Å². The first-order chi connectivity index (χ1) is 12.9. The molecule has 7 nitrogen and oxygen atoms in total. The zero-order valence-corrected chi connectivity index (χ0v) is 16.3. The fourth-order valence-corrected chi connectivity index (χ4v) is 3.54. The van der Waals surface area contributed by atoms with Gasteiger partial charge in [-0.05, 0) is 25.0 Å². The van der Waals surface area contributed by atoms with E-state index in [2.05, 4.69) is 4.90 Å². The highest BCUT2D eigenvalue weighted by Crippen LogP contribution is 2.35. The lowest BCUT2D eigenvalue weighted by atomic mass is 9.84. The molecule has 0 N–H and O–H groups in total. The number of esters is 2. The molecular weight excluding hydrogens is 348 g/mol. The molecule has 0 unspecified atom stereocenters. The summed E-state index contributed by atoms with van der Waals surface area (Å²) in [5, 5.41) is 0. The Hall–Kier alpha value is -2.41. The number of para-hydroxylation sites is 1. The molecule has 7 heteroatoms. The molecule has 0 aliphatic carbocycles. The summed E-state index contributed by atoms with van der Waals surface area (Å²) in [5.74, 6) is -0.813. The standard InChI is InChI=1S/C20H28N2O5/c1-4-18(24)22(17-8-6-5-7-9-17)20(19(25)26-3)10-12-21(13-11-20)14-15-27-16(2)23/h5-9H,4,10-15H2,1-3H3. The van der Waals surface area contributed by atoms with Crippen LogP contribution in [0.15, 0.2) is 30.3 Å². The zero-order valence-electron chi connectivity index (χ0n) is 16.3. The van der Waals surface area contributed by atoms with E-state index in [9.17, 15) is 14.4 Å². The SMILES string of the molecule is CCC(=O)N(c1ccccc1)C1(C(=O)OC)CCN(CCOC(C)=O)CC1. The lowest BCUT2D eigenvalue weighted by molar-refractivity contribution is -0.151. The number of carbonyl (C=O) groups excluding carboxylic acids is 3. The molecule has 0 saturated carbocycles. The number of piperidine rings is 1. The normalized spacial score (nSPS) is 16.4.